The van der Waals surface area contributed by atoms with E-state index in [9.17, 15) is 0 Å². The Morgan fingerprint density at radius 1 is 1.50 bits per heavy atom. The number of halogens is 1. The molecule has 2 nitrogen and oxygen atoms in total. The van der Waals surface area contributed by atoms with E-state index in [2.05, 4.69) is 18.7 Å². The van der Waals surface area contributed by atoms with Crippen LogP contribution in [0.2, 0.25) is 5.02 Å². The van der Waals surface area contributed by atoms with Gasteiger partial charge in [-0.15, -0.1) is 0 Å². The molecule has 0 saturated carbocycles. The molecular formula is C12H17ClN2S. The van der Waals surface area contributed by atoms with Crippen molar-refractivity contribution in [2.75, 3.05) is 18.5 Å². The molecule has 0 aliphatic rings. The monoisotopic (exact) mass is 256 g/mol. The zero-order chi connectivity index (χ0) is 12.3. The molecule has 0 atom stereocenters. The molecule has 0 unspecified atom stereocenters. The van der Waals surface area contributed by atoms with E-state index in [0.717, 1.165) is 17.8 Å². The van der Waals surface area contributed by atoms with Gasteiger partial charge in [0.1, 0.15) is 4.99 Å². The predicted octanol–water partition coefficient (Wildman–Crippen LogP) is 3.07. The van der Waals surface area contributed by atoms with Crippen LogP contribution in [0.15, 0.2) is 18.2 Å². The van der Waals surface area contributed by atoms with Crippen LogP contribution in [0.3, 0.4) is 0 Å². The first kappa shape index (κ1) is 13.3. The lowest BCUT2D eigenvalue weighted by Crippen LogP contribution is -2.25. The molecule has 0 spiro atoms. The van der Waals surface area contributed by atoms with Crippen molar-refractivity contribution in [2.45, 2.75) is 13.8 Å². The third kappa shape index (κ3) is 3.35. The van der Waals surface area contributed by atoms with Crippen LogP contribution in [0, 0.1) is 5.92 Å². The molecule has 0 heterocycles. The summed E-state index contributed by atoms with van der Waals surface area (Å²) < 4.78 is 0. The van der Waals surface area contributed by atoms with E-state index in [1.807, 2.05) is 25.2 Å². The largest absolute Gasteiger partial charge is 0.389 e. The average Bonchev–Trinajstić information content (AvgIpc) is 2.16. The SMILES string of the molecule is CC(C)CN(C)c1ccc(Cl)cc1C(N)=S. The second-order valence-electron chi connectivity index (χ2n) is 4.30. The van der Waals surface area contributed by atoms with Crippen molar-refractivity contribution < 1.29 is 0 Å². The summed E-state index contributed by atoms with van der Waals surface area (Å²) in [5.41, 5.74) is 7.57. The number of thiocarbonyl (C=S) groups is 1. The molecule has 0 saturated heterocycles. The molecule has 0 aliphatic heterocycles. The Hall–Kier alpha value is -0.800. The summed E-state index contributed by atoms with van der Waals surface area (Å²) in [5.74, 6) is 0.583. The van der Waals surface area contributed by atoms with Gasteiger partial charge in [-0.3, -0.25) is 0 Å². The number of nitrogens with zero attached hydrogens (tertiary/aromatic N) is 1. The van der Waals surface area contributed by atoms with Crippen LogP contribution in [-0.2, 0) is 0 Å². The maximum atomic E-state index is 5.94. The lowest BCUT2D eigenvalue weighted by molar-refractivity contribution is 0.638. The second-order valence-corrected chi connectivity index (χ2v) is 5.18. The fourth-order valence-corrected chi connectivity index (χ4v) is 2.02. The maximum absolute atomic E-state index is 5.94. The number of benzene rings is 1. The van der Waals surface area contributed by atoms with E-state index in [-0.39, 0.29) is 0 Å². The summed E-state index contributed by atoms with van der Waals surface area (Å²) in [6.07, 6.45) is 0. The van der Waals surface area contributed by atoms with Gasteiger partial charge in [-0.1, -0.05) is 37.7 Å². The van der Waals surface area contributed by atoms with Crippen molar-refractivity contribution in [3.05, 3.63) is 28.8 Å². The van der Waals surface area contributed by atoms with Gasteiger partial charge in [-0.05, 0) is 24.1 Å². The van der Waals surface area contributed by atoms with Crippen LogP contribution in [0.1, 0.15) is 19.4 Å². The van der Waals surface area contributed by atoms with Gasteiger partial charge in [0.2, 0.25) is 0 Å². The lowest BCUT2D eigenvalue weighted by atomic mass is 10.1. The highest BCUT2D eigenvalue weighted by Gasteiger charge is 2.11. The van der Waals surface area contributed by atoms with E-state index in [1.54, 1.807) is 0 Å². The van der Waals surface area contributed by atoms with Crippen LogP contribution in [-0.4, -0.2) is 18.6 Å². The predicted molar refractivity (Wildman–Crippen MR) is 75.4 cm³/mol. The summed E-state index contributed by atoms with van der Waals surface area (Å²) in [5, 5.41) is 0.657. The first-order chi connectivity index (χ1) is 7.41. The summed E-state index contributed by atoms with van der Waals surface area (Å²) in [6, 6.07) is 5.63. The molecular weight excluding hydrogens is 240 g/mol. The number of nitrogens with two attached hydrogens (primary N) is 1. The highest BCUT2D eigenvalue weighted by atomic mass is 35.5. The molecule has 0 radical (unpaired) electrons. The first-order valence-corrected chi connectivity index (χ1v) is 6.01. The number of rotatable bonds is 4. The standard InChI is InChI=1S/C12H17ClN2S/c1-8(2)7-15(3)11-5-4-9(13)6-10(11)12(14)16/h4-6,8H,7H2,1-3H3,(H2,14,16). The van der Waals surface area contributed by atoms with Crippen LogP contribution in [0.25, 0.3) is 0 Å². The number of hydrogen-bond acceptors (Lipinski definition) is 2. The van der Waals surface area contributed by atoms with Gasteiger partial charge in [0.15, 0.2) is 0 Å². The molecule has 88 valence electrons. The molecule has 1 rings (SSSR count). The topological polar surface area (TPSA) is 29.3 Å². The molecule has 0 aromatic heterocycles. The van der Waals surface area contributed by atoms with Gasteiger partial charge in [0, 0.05) is 29.9 Å². The Bertz CT molecular complexity index is 391. The fraction of sp³-hybridized carbons (Fsp3) is 0.417. The van der Waals surface area contributed by atoms with E-state index in [1.165, 1.54) is 0 Å². The Morgan fingerprint density at radius 2 is 2.12 bits per heavy atom. The minimum Gasteiger partial charge on any atom is -0.389 e. The normalized spacial score (nSPS) is 10.6. The molecule has 1 aromatic rings. The summed E-state index contributed by atoms with van der Waals surface area (Å²) >= 11 is 11.0. The Balaban J connectivity index is 3.07. The van der Waals surface area contributed by atoms with Gasteiger partial charge < -0.3 is 10.6 Å². The maximum Gasteiger partial charge on any atom is 0.106 e. The third-order valence-electron chi connectivity index (χ3n) is 2.27. The van der Waals surface area contributed by atoms with E-state index < -0.39 is 0 Å². The molecule has 0 amide bonds. The van der Waals surface area contributed by atoms with E-state index >= 15 is 0 Å². The summed E-state index contributed by atoms with van der Waals surface area (Å²) in [6.45, 7) is 5.30. The first-order valence-electron chi connectivity index (χ1n) is 5.22. The van der Waals surface area contributed by atoms with Crippen molar-refractivity contribution in [1.82, 2.24) is 0 Å². The second kappa shape index (κ2) is 5.51. The quantitative estimate of drug-likeness (QED) is 0.840. The Labute approximate surface area is 107 Å². The van der Waals surface area contributed by atoms with E-state index in [4.69, 9.17) is 29.6 Å². The van der Waals surface area contributed by atoms with Crippen molar-refractivity contribution >= 4 is 34.5 Å². The Kier molecular flexibility index (Phi) is 4.56. The zero-order valence-electron chi connectivity index (χ0n) is 9.83. The minimum atomic E-state index is 0.383. The molecule has 4 heteroatoms. The van der Waals surface area contributed by atoms with Crippen molar-refractivity contribution in [2.24, 2.45) is 11.7 Å². The summed E-state index contributed by atoms with van der Waals surface area (Å²) in [7, 11) is 2.03. The Morgan fingerprint density at radius 3 is 2.62 bits per heavy atom. The molecule has 0 bridgehead atoms. The van der Waals surface area contributed by atoms with Crippen LogP contribution < -0.4 is 10.6 Å². The van der Waals surface area contributed by atoms with Crippen molar-refractivity contribution in [3.8, 4) is 0 Å². The minimum absolute atomic E-state index is 0.383. The van der Waals surface area contributed by atoms with Gasteiger partial charge in [-0.2, -0.15) is 0 Å². The van der Waals surface area contributed by atoms with Gasteiger partial charge in [0.05, 0.1) is 0 Å². The fourth-order valence-electron chi connectivity index (χ4n) is 1.68. The van der Waals surface area contributed by atoms with Crippen LogP contribution in [0.5, 0.6) is 0 Å². The molecule has 0 aliphatic carbocycles. The van der Waals surface area contributed by atoms with Gasteiger partial charge in [0.25, 0.3) is 0 Å². The molecule has 1 aromatic carbocycles. The number of hydrogen-bond donors (Lipinski definition) is 1. The summed E-state index contributed by atoms with van der Waals surface area (Å²) in [4.78, 5) is 2.53. The number of anilines is 1. The molecule has 2 N–H and O–H groups in total. The third-order valence-corrected chi connectivity index (χ3v) is 2.73. The average molecular weight is 257 g/mol. The van der Waals surface area contributed by atoms with Gasteiger partial charge in [-0.25, -0.2) is 0 Å². The van der Waals surface area contributed by atoms with Crippen LogP contribution in [0.4, 0.5) is 5.69 Å². The van der Waals surface area contributed by atoms with Crippen molar-refractivity contribution in [1.29, 1.82) is 0 Å². The van der Waals surface area contributed by atoms with Crippen molar-refractivity contribution in [3.63, 3.8) is 0 Å². The van der Waals surface area contributed by atoms with Crippen LogP contribution >= 0.6 is 23.8 Å². The highest BCUT2D eigenvalue weighted by molar-refractivity contribution is 7.80. The van der Waals surface area contributed by atoms with E-state index in [0.29, 0.717) is 15.9 Å². The van der Waals surface area contributed by atoms with Gasteiger partial charge >= 0.3 is 0 Å². The zero-order valence-corrected chi connectivity index (χ0v) is 11.4. The lowest BCUT2D eigenvalue weighted by Gasteiger charge is -2.24. The molecule has 0 fully saturated rings. The smallest absolute Gasteiger partial charge is 0.106 e. The highest BCUT2D eigenvalue weighted by Crippen LogP contribution is 2.24. The molecule has 16 heavy (non-hydrogen) atoms.